The summed E-state index contributed by atoms with van der Waals surface area (Å²) >= 11 is 5.94. The molecule has 7 nitrogen and oxygen atoms in total. The maximum Gasteiger partial charge on any atom is 0.418 e. The van der Waals surface area contributed by atoms with E-state index in [1.54, 1.807) is 0 Å². The number of anilines is 1. The molecule has 0 unspecified atom stereocenters. The van der Waals surface area contributed by atoms with Crippen LogP contribution in [-0.2, 0) is 25.7 Å². The van der Waals surface area contributed by atoms with E-state index in [4.69, 9.17) is 21.1 Å². The number of carbonyl (C=O) groups excluding carboxylic acids is 1. The van der Waals surface area contributed by atoms with Crippen LogP contribution in [0.25, 0.3) is 0 Å². The fraction of sp³-hybridized carbons (Fsp3) is 0.316. The molecule has 0 atom stereocenters. The summed E-state index contributed by atoms with van der Waals surface area (Å²) in [6.45, 7) is 0.0411. The summed E-state index contributed by atoms with van der Waals surface area (Å²) in [4.78, 5) is 11.9. The lowest BCUT2D eigenvalue weighted by Crippen LogP contribution is -2.40. The number of rotatable bonds is 6. The summed E-state index contributed by atoms with van der Waals surface area (Å²) in [6.07, 6.45) is -4.65. The summed E-state index contributed by atoms with van der Waals surface area (Å²) in [5.41, 5.74) is -1.44. The Bertz CT molecular complexity index is 1060. The van der Waals surface area contributed by atoms with Crippen molar-refractivity contribution in [2.75, 3.05) is 38.2 Å². The summed E-state index contributed by atoms with van der Waals surface area (Å²) in [5.74, 6) is -1.03. The van der Waals surface area contributed by atoms with Crippen LogP contribution < -0.4 is 10.1 Å². The smallest absolute Gasteiger partial charge is 0.418 e. The molecule has 1 saturated heterocycles. The van der Waals surface area contributed by atoms with E-state index < -0.39 is 40.0 Å². The van der Waals surface area contributed by atoms with Crippen LogP contribution in [0.1, 0.15) is 5.56 Å². The number of ether oxygens (including phenoxy) is 2. The second kappa shape index (κ2) is 9.43. The van der Waals surface area contributed by atoms with Crippen molar-refractivity contribution in [3.63, 3.8) is 0 Å². The molecular weight excluding hydrogens is 461 g/mol. The van der Waals surface area contributed by atoms with Gasteiger partial charge < -0.3 is 14.8 Å². The van der Waals surface area contributed by atoms with Gasteiger partial charge in [-0.2, -0.15) is 17.5 Å². The second-order valence-corrected chi connectivity index (χ2v) is 8.83. The van der Waals surface area contributed by atoms with Gasteiger partial charge in [-0.15, -0.1) is 0 Å². The number of para-hydroxylation sites is 1. The van der Waals surface area contributed by atoms with E-state index >= 15 is 0 Å². The molecule has 1 aliphatic rings. The Morgan fingerprint density at radius 2 is 1.84 bits per heavy atom. The first-order chi connectivity index (χ1) is 14.6. The minimum absolute atomic E-state index is 0.141. The molecule has 0 spiro atoms. The molecule has 1 amide bonds. The zero-order chi connectivity index (χ0) is 22.6. The van der Waals surface area contributed by atoms with Crippen molar-refractivity contribution in [2.45, 2.75) is 11.1 Å². The lowest BCUT2D eigenvalue weighted by molar-refractivity contribution is -0.137. The topological polar surface area (TPSA) is 84.9 Å². The molecule has 1 aliphatic heterocycles. The molecule has 31 heavy (non-hydrogen) atoms. The highest BCUT2D eigenvalue weighted by Gasteiger charge is 2.34. The SMILES string of the molecule is O=C(COc1ccc(Cl)cc1S(=O)(=O)N1CCOCC1)Nc1ccccc1C(F)(F)F. The number of hydrogen-bond acceptors (Lipinski definition) is 5. The van der Waals surface area contributed by atoms with Crippen molar-refractivity contribution in [3.8, 4) is 5.75 Å². The predicted octanol–water partition coefficient (Wildman–Crippen LogP) is 3.40. The number of halogens is 4. The average Bonchev–Trinajstić information content (AvgIpc) is 2.73. The van der Waals surface area contributed by atoms with Gasteiger partial charge in [-0.1, -0.05) is 23.7 Å². The Hall–Kier alpha value is -2.34. The number of sulfonamides is 1. The molecule has 1 heterocycles. The number of carbonyl (C=O) groups is 1. The van der Waals surface area contributed by atoms with Gasteiger partial charge in [-0.05, 0) is 30.3 Å². The quantitative estimate of drug-likeness (QED) is 0.688. The monoisotopic (exact) mass is 478 g/mol. The molecule has 0 aliphatic carbocycles. The third kappa shape index (κ3) is 5.67. The number of hydrogen-bond donors (Lipinski definition) is 1. The summed E-state index contributed by atoms with van der Waals surface area (Å²) in [5, 5.41) is 2.28. The summed E-state index contributed by atoms with van der Waals surface area (Å²) < 4.78 is 76.8. The molecule has 168 valence electrons. The minimum atomic E-state index is -4.65. The Balaban J connectivity index is 1.76. The number of nitrogens with one attached hydrogen (secondary N) is 1. The van der Waals surface area contributed by atoms with Gasteiger partial charge in [-0.3, -0.25) is 4.79 Å². The molecule has 0 bridgehead atoms. The number of benzene rings is 2. The number of morpholine rings is 1. The average molecular weight is 479 g/mol. The van der Waals surface area contributed by atoms with E-state index in [-0.39, 0.29) is 42.0 Å². The van der Waals surface area contributed by atoms with Gasteiger partial charge in [0.25, 0.3) is 5.91 Å². The summed E-state index contributed by atoms with van der Waals surface area (Å²) in [7, 11) is -3.98. The van der Waals surface area contributed by atoms with Crippen LogP contribution in [0.4, 0.5) is 18.9 Å². The Labute approximate surface area is 181 Å². The van der Waals surface area contributed by atoms with Gasteiger partial charge in [0.1, 0.15) is 10.6 Å². The van der Waals surface area contributed by atoms with Gasteiger partial charge in [-0.25, -0.2) is 8.42 Å². The molecule has 2 aromatic rings. The molecule has 1 N–H and O–H groups in total. The first-order valence-corrected chi connectivity index (χ1v) is 10.9. The number of amides is 1. The normalized spacial score (nSPS) is 15.5. The fourth-order valence-electron chi connectivity index (χ4n) is 2.90. The zero-order valence-electron chi connectivity index (χ0n) is 16.0. The lowest BCUT2D eigenvalue weighted by Gasteiger charge is -2.26. The van der Waals surface area contributed by atoms with E-state index in [1.807, 2.05) is 0 Å². The molecule has 12 heteroatoms. The largest absolute Gasteiger partial charge is 0.482 e. The van der Waals surface area contributed by atoms with Crippen molar-refractivity contribution in [2.24, 2.45) is 0 Å². The first-order valence-electron chi connectivity index (χ1n) is 9.05. The van der Waals surface area contributed by atoms with Crippen LogP contribution in [0.3, 0.4) is 0 Å². The van der Waals surface area contributed by atoms with Crippen LogP contribution >= 0.6 is 11.6 Å². The highest BCUT2D eigenvalue weighted by Crippen LogP contribution is 2.35. The summed E-state index contributed by atoms with van der Waals surface area (Å²) in [6, 6.07) is 8.35. The van der Waals surface area contributed by atoms with E-state index in [0.29, 0.717) is 0 Å². The molecule has 1 fully saturated rings. The Morgan fingerprint density at radius 1 is 1.16 bits per heavy atom. The van der Waals surface area contributed by atoms with E-state index in [9.17, 15) is 26.4 Å². The Kier molecular flexibility index (Phi) is 7.10. The van der Waals surface area contributed by atoms with Gasteiger partial charge in [0.15, 0.2) is 6.61 Å². The Morgan fingerprint density at radius 3 is 2.52 bits per heavy atom. The highest BCUT2D eigenvalue weighted by molar-refractivity contribution is 7.89. The van der Waals surface area contributed by atoms with E-state index in [0.717, 1.165) is 12.1 Å². The van der Waals surface area contributed by atoms with Crippen molar-refractivity contribution >= 4 is 33.2 Å². The maximum absolute atomic E-state index is 13.1. The third-order valence-electron chi connectivity index (χ3n) is 4.36. The van der Waals surface area contributed by atoms with Crippen LogP contribution in [0, 0.1) is 0 Å². The van der Waals surface area contributed by atoms with Crippen LogP contribution in [0.2, 0.25) is 5.02 Å². The van der Waals surface area contributed by atoms with E-state index in [2.05, 4.69) is 5.32 Å². The molecule has 2 aromatic carbocycles. The van der Waals surface area contributed by atoms with Crippen molar-refractivity contribution in [1.82, 2.24) is 4.31 Å². The van der Waals surface area contributed by atoms with Gasteiger partial charge in [0, 0.05) is 18.1 Å². The number of nitrogens with zero attached hydrogens (tertiary/aromatic N) is 1. The standard InChI is InChI=1S/C19H18ClF3N2O5S/c20-13-5-6-16(17(11-13)31(27,28)25-7-9-29-10-8-25)30-12-18(26)24-15-4-2-1-3-14(15)19(21,22)23/h1-6,11H,7-10,12H2,(H,24,26). The van der Waals surface area contributed by atoms with Gasteiger partial charge in [0.2, 0.25) is 10.0 Å². The van der Waals surface area contributed by atoms with Crippen molar-refractivity contribution in [1.29, 1.82) is 0 Å². The molecule has 0 saturated carbocycles. The zero-order valence-corrected chi connectivity index (χ0v) is 17.6. The van der Waals surface area contributed by atoms with Gasteiger partial charge in [0.05, 0.1) is 24.5 Å². The van der Waals surface area contributed by atoms with Crippen molar-refractivity contribution < 1.29 is 35.9 Å². The molecule has 0 radical (unpaired) electrons. The minimum Gasteiger partial charge on any atom is -0.482 e. The van der Waals surface area contributed by atoms with Crippen LogP contribution in [0.15, 0.2) is 47.4 Å². The first kappa shape index (κ1) is 23.3. The third-order valence-corrected chi connectivity index (χ3v) is 6.51. The predicted molar refractivity (Wildman–Crippen MR) is 107 cm³/mol. The maximum atomic E-state index is 13.1. The highest BCUT2D eigenvalue weighted by atomic mass is 35.5. The molecular formula is C19H18ClF3N2O5S. The van der Waals surface area contributed by atoms with Crippen molar-refractivity contribution in [3.05, 3.63) is 53.1 Å². The fourth-order valence-corrected chi connectivity index (χ4v) is 4.70. The second-order valence-electron chi connectivity index (χ2n) is 6.49. The van der Waals surface area contributed by atoms with Crippen LogP contribution in [-0.4, -0.2) is 51.5 Å². The van der Waals surface area contributed by atoms with Crippen LogP contribution in [0.5, 0.6) is 5.75 Å². The molecule has 3 rings (SSSR count). The van der Waals surface area contributed by atoms with Gasteiger partial charge >= 0.3 is 6.18 Å². The lowest BCUT2D eigenvalue weighted by atomic mass is 10.1. The number of alkyl halides is 3. The molecule has 0 aromatic heterocycles. The van der Waals surface area contributed by atoms with E-state index in [1.165, 1.54) is 34.6 Å².